The van der Waals surface area contributed by atoms with Gasteiger partial charge in [0, 0.05) is 18.8 Å². The third-order valence-corrected chi connectivity index (χ3v) is 5.29. The molecule has 0 bridgehead atoms. The Morgan fingerprint density at radius 3 is 2.31 bits per heavy atom. The van der Waals surface area contributed by atoms with E-state index in [1.54, 1.807) is 0 Å². The van der Waals surface area contributed by atoms with Crippen molar-refractivity contribution in [2.75, 3.05) is 18.7 Å². The molecule has 1 aromatic heterocycles. The Kier molecular flexibility index (Phi) is 8.26. The van der Waals surface area contributed by atoms with Gasteiger partial charge in [0.15, 0.2) is 12.0 Å². The molecule has 0 aliphatic heterocycles. The number of halogens is 3. The number of aryl methyl sites for hydroxylation is 2. The van der Waals surface area contributed by atoms with Crippen molar-refractivity contribution < 1.29 is 18.7 Å². The van der Waals surface area contributed by atoms with Gasteiger partial charge >= 0.3 is 6.03 Å². The fourth-order valence-corrected chi connectivity index (χ4v) is 3.79. The molecule has 0 aliphatic rings. The minimum Gasteiger partial charge on any atom is -0.453 e. The predicted octanol–water partition coefficient (Wildman–Crippen LogP) is 5.22. The number of hydrogen-bond acceptors (Lipinski definition) is 5. The smallest absolute Gasteiger partial charge is 0.342 e. The Morgan fingerprint density at radius 2 is 1.77 bits per heavy atom. The molecule has 0 aliphatic carbocycles. The molecule has 0 atom stereocenters. The number of nitrogens with zero attached hydrogens (tertiary/aromatic N) is 3. The van der Waals surface area contributed by atoms with Gasteiger partial charge in [-0.05, 0) is 55.3 Å². The fraction of sp³-hybridized carbons (Fsp3) is 0.167. The summed E-state index contributed by atoms with van der Waals surface area (Å²) in [6.07, 6.45) is 1.71. The molecular formula is C24H21Cl2FN4O4. The van der Waals surface area contributed by atoms with Crippen LogP contribution in [0.25, 0.3) is 5.69 Å². The second kappa shape index (κ2) is 11.2. The number of carbonyl (C=O) groups excluding carboxylic acids is 2. The average molecular weight is 519 g/mol. The summed E-state index contributed by atoms with van der Waals surface area (Å²) < 4.78 is 20.3. The number of benzene rings is 2. The van der Waals surface area contributed by atoms with E-state index in [9.17, 15) is 18.8 Å². The van der Waals surface area contributed by atoms with E-state index in [1.807, 2.05) is 32.0 Å². The van der Waals surface area contributed by atoms with Gasteiger partial charge in [-0.3, -0.25) is 14.2 Å². The molecule has 182 valence electrons. The van der Waals surface area contributed by atoms with Gasteiger partial charge in [0.05, 0.1) is 21.9 Å². The molecule has 2 amide bonds. The quantitative estimate of drug-likeness (QED) is 0.263. The maximum Gasteiger partial charge on any atom is 0.342 e. The number of pyridine rings is 1. The van der Waals surface area contributed by atoms with Crippen LogP contribution in [0.5, 0.6) is 11.5 Å². The summed E-state index contributed by atoms with van der Waals surface area (Å²) in [5.41, 5.74) is 1.97. The summed E-state index contributed by atoms with van der Waals surface area (Å²) >= 11 is 12.8. The SMILES string of the molecule is CNC(=O)N(/N=C(\C=O)CF)c1cc(Cl)c(Oc2ccc(=O)n(-c3cc(C)cc(C)c3)c2)c(Cl)c1. The van der Waals surface area contributed by atoms with Crippen molar-refractivity contribution in [3.8, 4) is 17.2 Å². The Bertz CT molecular complexity index is 1330. The van der Waals surface area contributed by atoms with Crippen LogP contribution in [0, 0.1) is 13.8 Å². The maximum absolute atomic E-state index is 13.0. The normalized spacial score (nSPS) is 11.2. The topological polar surface area (TPSA) is 93.0 Å². The van der Waals surface area contributed by atoms with Gasteiger partial charge in [-0.25, -0.2) is 9.18 Å². The number of alkyl halides is 1. The molecule has 8 nitrogen and oxygen atoms in total. The van der Waals surface area contributed by atoms with E-state index in [1.165, 1.54) is 42.1 Å². The predicted molar refractivity (Wildman–Crippen MR) is 134 cm³/mol. The van der Waals surface area contributed by atoms with E-state index in [-0.39, 0.29) is 39.1 Å². The summed E-state index contributed by atoms with van der Waals surface area (Å²) in [7, 11) is 1.34. The Balaban J connectivity index is 2.01. The lowest BCUT2D eigenvalue weighted by molar-refractivity contribution is -0.102. The van der Waals surface area contributed by atoms with Crippen molar-refractivity contribution in [1.29, 1.82) is 0 Å². The number of nitrogens with one attached hydrogen (secondary N) is 1. The van der Waals surface area contributed by atoms with Crippen LogP contribution in [0.15, 0.2) is 58.6 Å². The van der Waals surface area contributed by atoms with Crippen LogP contribution >= 0.6 is 23.2 Å². The van der Waals surface area contributed by atoms with Crippen LogP contribution in [-0.4, -0.2) is 36.3 Å². The van der Waals surface area contributed by atoms with Crippen molar-refractivity contribution in [3.63, 3.8) is 0 Å². The number of hydrogen-bond donors (Lipinski definition) is 1. The summed E-state index contributed by atoms with van der Waals surface area (Å²) in [6.45, 7) is 2.69. The zero-order valence-corrected chi connectivity index (χ0v) is 20.5. The van der Waals surface area contributed by atoms with Crippen molar-refractivity contribution in [2.24, 2.45) is 5.10 Å². The molecule has 35 heavy (non-hydrogen) atoms. The van der Waals surface area contributed by atoms with Crippen LogP contribution in [0.1, 0.15) is 11.1 Å². The Hall–Kier alpha value is -3.69. The number of ether oxygens (including phenoxy) is 1. The summed E-state index contributed by atoms with van der Waals surface area (Å²) in [6, 6.07) is 10.4. The van der Waals surface area contributed by atoms with Crippen molar-refractivity contribution >= 4 is 46.9 Å². The minimum atomic E-state index is -1.17. The fourth-order valence-electron chi connectivity index (χ4n) is 3.24. The molecule has 0 spiro atoms. The highest BCUT2D eigenvalue weighted by atomic mass is 35.5. The molecule has 1 N–H and O–H groups in total. The number of hydrazone groups is 1. The number of anilines is 1. The molecular weight excluding hydrogens is 498 g/mol. The van der Waals surface area contributed by atoms with Crippen LogP contribution in [0.4, 0.5) is 14.9 Å². The van der Waals surface area contributed by atoms with E-state index in [4.69, 9.17) is 27.9 Å². The van der Waals surface area contributed by atoms with Crippen LogP contribution in [0.3, 0.4) is 0 Å². The second-order valence-electron chi connectivity index (χ2n) is 7.47. The minimum absolute atomic E-state index is 0.00801. The first-order valence-corrected chi connectivity index (χ1v) is 11.0. The molecule has 0 radical (unpaired) electrons. The molecule has 0 unspecified atom stereocenters. The second-order valence-corrected chi connectivity index (χ2v) is 8.28. The summed E-state index contributed by atoms with van der Waals surface area (Å²) in [5, 5.41) is 6.83. The summed E-state index contributed by atoms with van der Waals surface area (Å²) in [5.74, 6) is 0.340. The third kappa shape index (κ3) is 6.06. The van der Waals surface area contributed by atoms with E-state index in [0.29, 0.717) is 5.69 Å². The molecule has 2 aromatic carbocycles. The molecule has 0 fully saturated rings. The zero-order chi connectivity index (χ0) is 25.7. The Morgan fingerprint density at radius 1 is 1.14 bits per heavy atom. The van der Waals surface area contributed by atoms with Crippen LogP contribution in [0.2, 0.25) is 10.0 Å². The molecule has 0 saturated carbocycles. The van der Waals surface area contributed by atoms with Gasteiger partial charge in [-0.15, -0.1) is 0 Å². The number of amides is 2. The lowest BCUT2D eigenvalue weighted by Gasteiger charge is -2.19. The first-order valence-electron chi connectivity index (χ1n) is 10.3. The molecule has 1 heterocycles. The van der Waals surface area contributed by atoms with Gasteiger partial charge in [-0.1, -0.05) is 29.3 Å². The molecule has 3 rings (SSSR count). The standard InChI is InChI=1S/C24H21Cl2FN4O4/c1-14-6-15(2)8-17(7-14)30-12-19(4-5-22(30)33)35-23-20(25)9-18(10-21(23)26)31(24(34)28-3)29-16(11-27)13-32/h4-10,12-13H,11H2,1-3H3,(H,28,34)/b29-16-. The largest absolute Gasteiger partial charge is 0.453 e. The third-order valence-electron chi connectivity index (χ3n) is 4.72. The van der Waals surface area contributed by atoms with Crippen molar-refractivity contribution in [2.45, 2.75) is 13.8 Å². The number of aromatic nitrogens is 1. The van der Waals surface area contributed by atoms with Gasteiger partial charge in [0.25, 0.3) is 5.56 Å². The van der Waals surface area contributed by atoms with Crippen molar-refractivity contribution in [1.82, 2.24) is 9.88 Å². The summed E-state index contributed by atoms with van der Waals surface area (Å²) in [4.78, 5) is 35.7. The first-order chi connectivity index (χ1) is 16.7. The number of rotatable bonds is 7. The lowest BCUT2D eigenvalue weighted by atomic mass is 10.1. The molecule has 0 saturated heterocycles. The lowest BCUT2D eigenvalue weighted by Crippen LogP contribution is -2.35. The number of carbonyl (C=O) groups is 2. The van der Waals surface area contributed by atoms with Crippen molar-refractivity contribution in [3.05, 3.63) is 80.2 Å². The van der Waals surface area contributed by atoms with E-state index in [2.05, 4.69) is 10.4 Å². The van der Waals surface area contributed by atoms with E-state index >= 15 is 0 Å². The molecule has 3 aromatic rings. The van der Waals surface area contributed by atoms with Crippen LogP contribution < -0.4 is 20.6 Å². The number of urea groups is 1. The van der Waals surface area contributed by atoms with Crippen LogP contribution in [-0.2, 0) is 4.79 Å². The zero-order valence-electron chi connectivity index (χ0n) is 19.0. The van der Waals surface area contributed by atoms with Gasteiger partial charge < -0.3 is 10.1 Å². The average Bonchev–Trinajstić information content (AvgIpc) is 2.82. The monoisotopic (exact) mass is 518 g/mol. The maximum atomic E-state index is 13.0. The number of aldehydes is 1. The Labute approximate surface area is 210 Å². The van der Waals surface area contributed by atoms with Gasteiger partial charge in [0.1, 0.15) is 18.1 Å². The first kappa shape index (κ1) is 25.9. The highest BCUT2D eigenvalue weighted by Gasteiger charge is 2.20. The molecule has 11 heteroatoms. The van der Waals surface area contributed by atoms with E-state index < -0.39 is 18.4 Å². The highest BCUT2D eigenvalue weighted by molar-refractivity contribution is 6.37. The van der Waals surface area contributed by atoms with Gasteiger partial charge in [0.2, 0.25) is 0 Å². The van der Waals surface area contributed by atoms with E-state index in [0.717, 1.165) is 16.1 Å². The highest BCUT2D eigenvalue weighted by Crippen LogP contribution is 2.40. The van der Waals surface area contributed by atoms with Gasteiger partial charge in [-0.2, -0.15) is 10.1 Å².